The minimum atomic E-state index is 0.413. The Balaban J connectivity index is 1.49. The number of benzene rings is 2. The van der Waals surface area contributed by atoms with Crippen LogP contribution in [-0.4, -0.2) is 41.4 Å². The topological polar surface area (TPSA) is 102 Å². The van der Waals surface area contributed by atoms with Crippen molar-refractivity contribution in [2.24, 2.45) is 0 Å². The van der Waals surface area contributed by atoms with E-state index in [9.17, 15) is 0 Å². The quantitative estimate of drug-likeness (QED) is 0.282. The summed E-state index contributed by atoms with van der Waals surface area (Å²) in [6.07, 6.45) is 1.62. The maximum absolute atomic E-state index is 6.20. The lowest BCUT2D eigenvalue weighted by molar-refractivity contribution is 0.324. The number of pyridine rings is 1. The molecule has 4 rings (SSSR count). The third-order valence-corrected chi connectivity index (χ3v) is 5.60. The van der Waals surface area contributed by atoms with Gasteiger partial charge in [0.2, 0.25) is 5.75 Å². The lowest BCUT2D eigenvalue weighted by Gasteiger charge is -2.15. The normalized spacial score (nSPS) is 10.5. The predicted octanol–water partition coefficient (Wildman–Crippen LogP) is 4.93. The summed E-state index contributed by atoms with van der Waals surface area (Å²) in [7, 11) is 4.67. The Morgan fingerprint density at radius 2 is 1.66 bits per heavy atom. The fourth-order valence-electron chi connectivity index (χ4n) is 3.31. The van der Waals surface area contributed by atoms with Crippen LogP contribution in [0.25, 0.3) is 11.2 Å². The number of nitrogens with zero attached hydrogens (tertiary/aromatic N) is 3. The second kappa shape index (κ2) is 11.0. The van der Waals surface area contributed by atoms with E-state index in [1.807, 2.05) is 30.3 Å². The number of rotatable bonds is 8. The third-order valence-electron chi connectivity index (χ3n) is 4.98. The van der Waals surface area contributed by atoms with Gasteiger partial charge in [0.1, 0.15) is 11.3 Å². The summed E-state index contributed by atoms with van der Waals surface area (Å²) in [5, 5.41) is 10.5. The smallest absolute Gasteiger partial charge is 0.203 e. The van der Waals surface area contributed by atoms with E-state index in [1.165, 1.54) is 0 Å². The molecule has 4 aromatic rings. The zero-order valence-corrected chi connectivity index (χ0v) is 20.8. The van der Waals surface area contributed by atoms with Crippen molar-refractivity contribution in [3.8, 4) is 17.2 Å². The first-order chi connectivity index (χ1) is 17.0. The van der Waals surface area contributed by atoms with Crippen molar-refractivity contribution < 1.29 is 14.2 Å². The van der Waals surface area contributed by atoms with E-state index in [1.54, 1.807) is 45.7 Å². The molecule has 0 amide bonds. The van der Waals surface area contributed by atoms with E-state index in [0.717, 1.165) is 5.56 Å². The highest BCUT2D eigenvalue weighted by Gasteiger charge is 2.14. The zero-order valence-electron chi connectivity index (χ0n) is 19.3. The van der Waals surface area contributed by atoms with Gasteiger partial charge in [0.15, 0.2) is 28.1 Å². The molecule has 180 valence electrons. The highest BCUT2D eigenvalue weighted by Crippen LogP contribution is 2.40. The molecule has 2 aromatic carbocycles. The molecule has 0 atom stereocenters. The number of hydrogen-bond donors (Lipinski definition) is 3. The average molecular weight is 511 g/mol. The molecule has 0 spiro atoms. The molecule has 0 fully saturated rings. The lowest BCUT2D eigenvalue weighted by atomic mass is 10.2. The van der Waals surface area contributed by atoms with Gasteiger partial charge >= 0.3 is 0 Å². The monoisotopic (exact) mass is 510 g/mol. The van der Waals surface area contributed by atoms with Crippen molar-refractivity contribution in [2.45, 2.75) is 6.54 Å². The first-order valence-electron chi connectivity index (χ1n) is 10.5. The molecule has 11 heteroatoms. The fourth-order valence-corrected chi connectivity index (χ4v) is 3.69. The highest BCUT2D eigenvalue weighted by molar-refractivity contribution is 7.80. The van der Waals surface area contributed by atoms with Crippen LogP contribution in [0.15, 0.2) is 54.7 Å². The minimum Gasteiger partial charge on any atom is -0.493 e. The van der Waals surface area contributed by atoms with Gasteiger partial charge in [0, 0.05) is 29.4 Å². The first kappa shape index (κ1) is 24.2. The Morgan fingerprint density at radius 1 is 0.943 bits per heavy atom. The average Bonchev–Trinajstić information content (AvgIpc) is 2.87. The predicted molar refractivity (Wildman–Crippen MR) is 141 cm³/mol. The van der Waals surface area contributed by atoms with Crippen LogP contribution in [0, 0.1) is 0 Å². The van der Waals surface area contributed by atoms with Crippen molar-refractivity contribution >= 4 is 57.4 Å². The Kier molecular flexibility index (Phi) is 7.64. The van der Waals surface area contributed by atoms with Gasteiger partial charge in [-0.3, -0.25) is 0 Å². The molecule has 0 unspecified atom stereocenters. The number of anilines is 3. The molecule has 0 saturated heterocycles. The SMILES string of the molecule is COc1cc(Nc2cnc3ccc(NC(=S)NCc4ccccc4Cl)nc3n2)cc(OC)c1OC. The number of nitrogens with one attached hydrogen (secondary N) is 3. The van der Waals surface area contributed by atoms with Crippen LogP contribution < -0.4 is 30.2 Å². The van der Waals surface area contributed by atoms with E-state index in [0.29, 0.717) is 62.4 Å². The zero-order chi connectivity index (χ0) is 24.8. The van der Waals surface area contributed by atoms with Gasteiger partial charge in [-0.25, -0.2) is 15.0 Å². The Labute approximate surface area is 212 Å². The van der Waals surface area contributed by atoms with E-state index in [4.69, 9.17) is 38.0 Å². The maximum atomic E-state index is 6.20. The molecule has 9 nitrogen and oxygen atoms in total. The van der Waals surface area contributed by atoms with Crippen LogP contribution in [0.1, 0.15) is 5.56 Å². The number of hydrogen-bond acceptors (Lipinski definition) is 8. The number of fused-ring (bicyclic) bond motifs is 1. The van der Waals surface area contributed by atoms with Crippen LogP contribution in [-0.2, 0) is 6.54 Å². The highest BCUT2D eigenvalue weighted by atomic mass is 35.5. The van der Waals surface area contributed by atoms with Gasteiger partial charge in [-0.05, 0) is 36.0 Å². The summed E-state index contributed by atoms with van der Waals surface area (Å²) in [4.78, 5) is 13.6. The number of halogens is 1. The molecule has 0 radical (unpaired) electrons. The van der Waals surface area contributed by atoms with E-state index in [-0.39, 0.29) is 0 Å². The number of aromatic nitrogens is 3. The van der Waals surface area contributed by atoms with Crippen LogP contribution in [0.2, 0.25) is 5.02 Å². The van der Waals surface area contributed by atoms with Crippen molar-refractivity contribution in [3.05, 3.63) is 65.3 Å². The first-order valence-corrected chi connectivity index (χ1v) is 11.3. The van der Waals surface area contributed by atoms with Gasteiger partial charge in [-0.15, -0.1) is 0 Å². The Hall–Kier alpha value is -3.89. The largest absolute Gasteiger partial charge is 0.493 e. The van der Waals surface area contributed by atoms with Gasteiger partial charge in [-0.2, -0.15) is 0 Å². The van der Waals surface area contributed by atoms with Crippen molar-refractivity contribution in [2.75, 3.05) is 32.0 Å². The van der Waals surface area contributed by atoms with Gasteiger partial charge < -0.3 is 30.2 Å². The molecule has 0 aliphatic heterocycles. The standard InChI is InChI=1S/C24H23ClN6O3S/c1-32-18-10-15(11-19(33-2)22(18)34-3)28-21-13-26-17-8-9-20(29-23(17)30-21)31-24(35)27-12-14-6-4-5-7-16(14)25/h4-11,13H,12H2,1-3H3,(H3,27,28,29,30,31,35). The van der Waals surface area contributed by atoms with Gasteiger partial charge in [0.05, 0.1) is 27.5 Å². The summed E-state index contributed by atoms with van der Waals surface area (Å²) in [5.41, 5.74) is 2.72. The maximum Gasteiger partial charge on any atom is 0.203 e. The Bertz CT molecular complexity index is 1350. The molecule has 0 saturated carbocycles. The number of ether oxygens (including phenoxy) is 3. The molecule has 2 aromatic heterocycles. The minimum absolute atomic E-state index is 0.413. The van der Waals surface area contributed by atoms with Crippen LogP contribution in [0.5, 0.6) is 17.2 Å². The van der Waals surface area contributed by atoms with Crippen LogP contribution in [0.3, 0.4) is 0 Å². The second-order valence-electron chi connectivity index (χ2n) is 7.23. The summed E-state index contributed by atoms with van der Waals surface area (Å²) in [6.45, 7) is 0.488. The molecule has 35 heavy (non-hydrogen) atoms. The second-order valence-corrected chi connectivity index (χ2v) is 8.05. The molecule has 0 aliphatic rings. The van der Waals surface area contributed by atoms with E-state index < -0.39 is 0 Å². The van der Waals surface area contributed by atoms with Gasteiger partial charge in [-0.1, -0.05) is 29.8 Å². The van der Waals surface area contributed by atoms with E-state index in [2.05, 4.69) is 30.9 Å². The summed E-state index contributed by atoms with van der Waals surface area (Å²) < 4.78 is 16.2. The lowest BCUT2D eigenvalue weighted by Crippen LogP contribution is -2.28. The van der Waals surface area contributed by atoms with E-state index >= 15 is 0 Å². The third kappa shape index (κ3) is 5.79. The summed E-state index contributed by atoms with van der Waals surface area (Å²) in [5.74, 6) is 2.57. The van der Waals surface area contributed by atoms with Gasteiger partial charge in [0.25, 0.3) is 0 Å². The molecule has 2 heterocycles. The van der Waals surface area contributed by atoms with Crippen molar-refractivity contribution in [3.63, 3.8) is 0 Å². The molecular weight excluding hydrogens is 488 g/mol. The molecule has 0 bridgehead atoms. The van der Waals surface area contributed by atoms with Crippen LogP contribution in [0.4, 0.5) is 17.3 Å². The van der Waals surface area contributed by atoms with Crippen molar-refractivity contribution in [1.82, 2.24) is 20.3 Å². The number of methoxy groups -OCH3 is 3. The summed E-state index contributed by atoms with van der Waals surface area (Å²) in [6, 6.07) is 14.7. The molecule has 3 N–H and O–H groups in total. The Morgan fingerprint density at radius 3 is 2.34 bits per heavy atom. The fraction of sp³-hybridized carbons (Fsp3) is 0.167. The number of thiocarbonyl (C=S) groups is 1. The molecule has 0 aliphatic carbocycles. The summed E-state index contributed by atoms with van der Waals surface area (Å²) >= 11 is 11.6. The molecular formula is C24H23ClN6O3S. The van der Waals surface area contributed by atoms with Crippen LogP contribution >= 0.6 is 23.8 Å². The van der Waals surface area contributed by atoms with Crippen molar-refractivity contribution in [1.29, 1.82) is 0 Å².